The van der Waals surface area contributed by atoms with E-state index in [4.69, 9.17) is 0 Å². The first-order valence-electron chi connectivity index (χ1n) is 8.10. The number of hydrogen-bond acceptors (Lipinski definition) is 2. The lowest BCUT2D eigenvalue weighted by atomic mass is 9.84. The third kappa shape index (κ3) is 2.13. The molecule has 2 aliphatic carbocycles. The molecule has 1 heterocycles. The Morgan fingerprint density at radius 3 is 2.45 bits per heavy atom. The van der Waals surface area contributed by atoms with Crippen molar-refractivity contribution in [2.75, 3.05) is 6.54 Å². The maximum atomic E-state index is 12.9. The molecular formula is C16H26N2O2. The minimum atomic E-state index is -0.594. The van der Waals surface area contributed by atoms with Gasteiger partial charge in [-0.15, -0.1) is 0 Å². The Morgan fingerprint density at radius 2 is 1.95 bits per heavy atom. The lowest BCUT2D eigenvalue weighted by Gasteiger charge is -2.48. The van der Waals surface area contributed by atoms with Crippen LogP contribution in [0, 0.1) is 17.8 Å². The number of piperazine rings is 1. The molecule has 0 aromatic carbocycles. The van der Waals surface area contributed by atoms with Gasteiger partial charge in [-0.2, -0.15) is 0 Å². The molecule has 0 radical (unpaired) electrons. The fraction of sp³-hybridized carbons (Fsp3) is 0.875. The van der Waals surface area contributed by atoms with Crippen LogP contribution < -0.4 is 5.32 Å². The molecule has 3 unspecified atom stereocenters. The third-order valence-electron chi connectivity index (χ3n) is 5.56. The number of amides is 2. The van der Waals surface area contributed by atoms with Crippen molar-refractivity contribution in [2.24, 2.45) is 17.8 Å². The van der Waals surface area contributed by atoms with Gasteiger partial charge in [0.1, 0.15) is 11.6 Å². The molecule has 3 aliphatic rings. The van der Waals surface area contributed by atoms with Crippen LogP contribution in [0.4, 0.5) is 0 Å². The standard InChI is InChI=1S/C16H26N2O2/c1-4-10(2)13-14(19)18(9-11-5-6-11)16(3,12-7-8-12)15(20)17-13/h10-13H,4-9H2,1-3H3,(H,17,20). The second-order valence-corrected chi connectivity index (χ2v) is 7.15. The third-order valence-corrected chi connectivity index (χ3v) is 5.56. The molecule has 0 spiro atoms. The molecule has 3 rings (SSSR count). The zero-order valence-electron chi connectivity index (χ0n) is 12.8. The van der Waals surface area contributed by atoms with Crippen LogP contribution in [-0.4, -0.2) is 34.8 Å². The maximum Gasteiger partial charge on any atom is 0.246 e. The molecule has 4 nitrogen and oxygen atoms in total. The van der Waals surface area contributed by atoms with Gasteiger partial charge < -0.3 is 10.2 Å². The fourth-order valence-corrected chi connectivity index (χ4v) is 3.38. The average molecular weight is 278 g/mol. The summed E-state index contributed by atoms with van der Waals surface area (Å²) in [7, 11) is 0. The van der Waals surface area contributed by atoms with Gasteiger partial charge >= 0.3 is 0 Å². The molecule has 3 atom stereocenters. The largest absolute Gasteiger partial charge is 0.342 e. The van der Waals surface area contributed by atoms with Gasteiger partial charge in [0, 0.05) is 6.54 Å². The van der Waals surface area contributed by atoms with Crippen molar-refractivity contribution in [1.29, 1.82) is 0 Å². The molecule has 1 N–H and O–H groups in total. The monoisotopic (exact) mass is 278 g/mol. The van der Waals surface area contributed by atoms with Crippen molar-refractivity contribution in [2.45, 2.75) is 64.5 Å². The lowest BCUT2D eigenvalue weighted by Crippen LogP contribution is -2.71. The Morgan fingerprint density at radius 1 is 1.30 bits per heavy atom. The topological polar surface area (TPSA) is 49.4 Å². The van der Waals surface area contributed by atoms with E-state index in [-0.39, 0.29) is 23.8 Å². The first-order valence-corrected chi connectivity index (χ1v) is 8.10. The van der Waals surface area contributed by atoms with Crippen LogP contribution in [-0.2, 0) is 9.59 Å². The zero-order valence-corrected chi connectivity index (χ0v) is 12.8. The summed E-state index contributed by atoms with van der Waals surface area (Å²) in [5, 5.41) is 3.02. The summed E-state index contributed by atoms with van der Waals surface area (Å²) in [5.74, 6) is 1.42. The fourth-order valence-electron chi connectivity index (χ4n) is 3.38. The van der Waals surface area contributed by atoms with E-state index >= 15 is 0 Å². The van der Waals surface area contributed by atoms with Crippen molar-refractivity contribution in [3.8, 4) is 0 Å². The Labute approximate surface area is 121 Å². The minimum Gasteiger partial charge on any atom is -0.342 e. The normalized spacial score (nSPS) is 36.0. The predicted octanol–water partition coefficient (Wildman–Crippen LogP) is 1.94. The van der Waals surface area contributed by atoms with Crippen LogP contribution in [0.1, 0.15) is 52.9 Å². The minimum absolute atomic E-state index is 0.0746. The molecule has 20 heavy (non-hydrogen) atoms. The summed E-state index contributed by atoms with van der Waals surface area (Å²) in [5.41, 5.74) is -0.594. The van der Waals surface area contributed by atoms with Gasteiger partial charge in [0.2, 0.25) is 11.8 Å². The maximum absolute atomic E-state index is 12.9. The highest BCUT2D eigenvalue weighted by Gasteiger charge is 2.58. The van der Waals surface area contributed by atoms with Gasteiger partial charge in [-0.1, -0.05) is 20.3 Å². The highest BCUT2D eigenvalue weighted by Crippen LogP contribution is 2.46. The molecule has 2 amide bonds. The van der Waals surface area contributed by atoms with E-state index in [1.807, 2.05) is 11.8 Å². The first kappa shape index (κ1) is 13.9. The van der Waals surface area contributed by atoms with Gasteiger partial charge in [0.15, 0.2) is 0 Å². The van der Waals surface area contributed by atoms with Gasteiger partial charge in [-0.3, -0.25) is 9.59 Å². The zero-order chi connectivity index (χ0) is 14.5. The molecular weight excluding hydrogens is 252 g/mol. The summed E-state index contributed by atoms with van der Waals surface area (Å²) in [6, 6.07) is -0.321. The predicted molar refractivity (Wildman–Crippen MR) is 77.0 cm³/mol. The summed E-state index contributed by atoms with van der Waals surface area (Å²) in [6.07, 6.45) is 5.48. The average Bonchev–Trinajstić information content (AvgIpc) is 3.28. The second kappa shape index (κ2) is 4.74. The number of carbonyl (C=O) groups is 2. The van der Waals surface area contributed by atoms with Crippen molar-refractivity contribution in [3.05, 3.63) is 0 Å². The summed E-state index contributed by atoms with van der Waals surface area (Å²) in [4.78, 5) is 27.5. The molecule has 0 aromatic rings. The number of carbonyl (C=O) groups excluding carboxylic acids is 2. The Hall–Kier alpha value is -1.06. The number of nitrogens with zero attached hydrogens (tertiary/aromatic N) is 1. The van der Waals surface area contributed by atoms with Crippen molar-refractivity contribution >= 4 is 11.8 Å². The molecule has 3 fully saturated rings. The second-order valence-electron chi connectivity index (χ2n) is 7.15. The van der Waals surface area contributed by atoms with Crippen molar-refractivity contribution in [1.82, 2.24) is 10.2 Å². The molecule has 1 aliphatic heterocycles. The Bertz CT molecular complexity index is 428. The van der Waals surface area contributed by atoms with E-state index in [2.05, 4.69) is 19.2 Å². The SMILES string of the molecule is CCC(C)C1NC(=O)C(C)(C2CC2)N(CC2CC2)C1=O. The van der Waals surface area contributed by atoms with E-state index in [9.17, 15) is 9.59 Å². The quantitative estimate of drug-likeness (QED) is 0.835. The van der Waals surface area contributed by atoms with Crippen LogP contribution >= 0.6 is 0 Å². The molecule has 112 valence electrons. The van der Waals surface area contributed by atoms with E-state index in [0.29, 0.717) is 11.8 Å². The Kier molecular flexibility index (Phi) is 3.30. The van der Waals surface area contributed by atoms with Crippen molar-refractivity contribution < 1.29 is 9.59 Å². The molecule has 2 saturated carbocycles. The van der Waals surface area contributed by atoms with E-state index in [1.54, 1.807) is 0 Å². The van der Waals surface area contributed by atoms with Gasteiger partial charge in [-0.05, 0) is 50.4 Å². The molecule has 4 heteroatoms. The highest BCUT2D eigenvalue weighted by molar-refractivity contribution is 6.00. The van der Waals surface area contributed by atoms with E-state index in [0.717, 1.165) is 25.8 Å². The summed E-state index contributed by atoms with van der Waals surface area (Å²) < 4.78 is 0. The van der Waals surface area contributed by atoms with E-state index in [1.165, 1.54) is 12.8 Å². The first-order chi connectivity index (χ1) is 9.48. The number of hydrogen-bond donors (Lipinski definition) is 1. The van der Waals surface area contributed by atoms with Crippen LogP contribution in [0.3, 0.4) is 0 Å². The highest BCUT2D eigenvalue weighted by atomic mass is 16.2. The van der Waals surface area contributed by atoms with Gasteiger partial charge in [-0.25, -0.2) is 0 Å². The van der Waals surface area contributed by atoms with Gasteiger partial charge in [0.05, 0.1) is 0 Å². The van der Waals surface area contributed by atoms with Crippen LogP contribution in [0.25, 0.3) is 0 Å². The number of rotatable bonds is 5. The van der Waals surface area contributed by atoms with Crippen LogP contribution in [0.2, 0.25) is 0 Å². The van der Waals surface area contributed by atoms with Gasteiger partial charge in [0.25, 0.3) is 0 Å². The van der Waals surface area contributed by atoms with E-state index < -0.39 is 5.54 Å². The number of nitrogens with one attached hydrogen (secondary N) is 1. The smallest absolute Gasteiger partial charge is 0.246 e. The summed E-state index contributed by atoms with van der Waals surface area (Å²) >= 11 is 0. The van der Waals surface area contributed by atoms with Crippen LogP contribution in [0.15, 0.2) is 0 Å². The van der Waals surface area contributed by atoms with Crippen molar-refractivity contribution in [3.63, 3.8) is 0 Å². The molecule has 0 bridgehead atoms. The van der Waals surface area contributed by atoms with Crippen LogP contribution in [0.5, 0.6) is 0 Å². The Balaban J connectivity index is 1.88. The molecule has 1 saturated heterocycles. The molecule has 0 aromatic heterocycles. The summed E-state index contributed by atoms with van der Waals surface area (Å²) in [6.45, 7) is 6.89. The lowest BCUT2D eigenvalue weighted by molar-refractivity contribution is -0.160.